The van der Waals surface area contributed by atoms with Crippen LogP contribution in [0.5, 0.6) is 0 Å². The number of carbonyl (C=O) groups excluding carboxylic acids is 1. The number of nitrogens with zero attached hydrogens (tertiary/aromatic N) is 2. The zero-order valence-electron chi connectivity index (χ0n) is 21.4. The highest BCUT2D eigenvalue weighted by molar-refractivity contribution is 6.05. The van der Waals surface area contributed by atoms with E-state index in [0.717, 1.165) is 53.9 Å². The summed E-state index contributed by atoms with van der Waals surface area (Å²) in [4.78, 5) is 18.4. The maximum absolute atomic E-state index is 13.2. The van der Waals surface area contributed by atoms with E-state index in [2.05, 4.69) is 57.7 Å². The molecular weight excluding hydrogens is 444 g/mol. The number of hydrogen-bond donors (Lipinski definition) is 2. The van der Waals surface area contributed by atoms with Crippen molar-refractivity contribution < 1.29 is 4.79 Å². The first-order valence-corrected chi connectivity index (χ1v) is 13.4. The molecule has 0 saturated carbocycles. The van der Waals surface area contributed by atoms with E-state index >= 15 is 0 Å². The Morgan fingerprint density at radius 1 is 0.778 bits per heavy atom. The largest absolute Gasteiger partial charge is 0.356 e. The first-order chi connectivity index (χ1) is 17.6. The van der Waals surface area contributed by atoms with Gasteiger partial charge in [-0.25, -0.2) is 0 Å². The summed E-state index contributed by atoms with van der Waals surface area (Å²) in [6, 6.07) is 25.0. The number of anilines is 3. The van der Waals surface area contributed by atoms with Crippen molar-refractivity contribution in [2.45, 2.75) is 51.6 Å². The lowest BCUT2D eigenvalue weighted by molar-refractivity contribution is 0.0891. The van der Waals surface area contributed by atoms with Gasteiger partial charge in [-0.1, -0.05) is 42.3 Å². The van der Waals surface area contributed by atoms with E-state index in [4.69, 9.17) is 0 Å². The van der Waals surface area contributed by atoms with E-state index in [1.165, 1.54) is 50.8 Å². The third kappa shape index (κ3) is 6.34. The Morgan fingerprint density at radius 2 is 1.39 bits per heavy atom. The molecule has 2 saturated heterocycles. The number of carbonyl (C=O) groups is 1. The van der Waals surface area contributed by atoms with Crippen LogP contribution in [-0.4, -0.2) is 47.9 Å². The minimum atomic E-state index is -0.0481. The van der Waals surface area contributed by atoms with Crippen molar-refractivity contribution in [3.8, 4) is 0 Å². The highest BCUT2D eigenvalue weighted by Gasteiger charge is 2.26. The van der Waals surface area contributed by atoms with Gasteiger partial charge in [-0.05, 0) is 107 Å². The van der Waals surface area contributed by atoms with Crippen molar-refractivity contribution >= 4 is 23.0 Å². The maximum atomic E-state index is 13.2. The Hall–Kier alpha value is -3.15. The monoisotopic (exact) mass is 482 g/mol. The summed E-state index contributed by atoms with van der Waals surface area (Å²) in [5.41, 5.74) is 5.94. The van der Waals surface area contributed by atoms with Crippen molar-refractivity contribution in [3.63, 3.8) is 0 Å². The van der Waals surface area contributed by atoms with Crippen LogP contribution in [0.2, 0.25) is 0 Å². The molecule has 2 aliphatic heterocycles. The smallest absolute Gasteiger partial charge is 0.255 e. The van der Waals surface area contributed by atoms with Gasteiger partial charge < -0.3 is 15.5 Å². The Balaban J connectivity index is 1.16. The van der Waals surface area contributed by atoms with Crippen molar-refractivity contribution in [2.75, 3.05) is 36.8 Å². The summed E-state index contributed by atoms with van der Waals surface area (Å²) < 4.78 is 0. The molecule has 0 unspecified atom stereocenters. The predicted octanol–water partition coefficient (Wildman–Crippen LogP) is 6.44. The average Bonchev–Trinajstić information content (AvgIpc) is 2.92. The molecule has 2 N–H and O–H groups in total. The summed E-state index contributed by atoms with van der Waals surface area (Å²) in [5.74, 6) is -0.0481. The van der Waals surface area contributed by atoms with Crippen LogP contribution in [0, 0.1) is 6.92 Å². The predicted molar refractivity (Wildman–Crippen MR) is 149 cm³/mol. The molecule has 36 heavy (non-hydrogen) atoms. The molecule has 1 amide bonds. The summed E-state index contributed by atoms with van der Waals surface area (Å²) in [7, 11) is 0. The molecule has 0 spiro atoms. The summed E-state index contributed by atoms with van der Waals surface area (Å²) >= 11 is 0. The number of rotatable bonds is 7. The van der Waals surface area contributed by atoms with Crippen LogP contribution < -0.4 is 10.6 Å². The van der Waals surface area contributed by atoms with Crippen molar-refractivity contribution in [1.82, 2.24) is 9.80 Å². The molecule has 2 aliphatic rings. The lowest BCUT2D eigenvalue weighted by atomic mass is 9.98. The van der Waals surface area contributed by atoms with Gasteiger partial charge in [0.15, 0.2) is 0 Å². The van der Waals surface area contributed by atoms with Crippen LogP contribution in [0.25, 0.3) is 0 Å². The summed E-state index contributed by atoms with van der Waals surface area (Å²) in [5, 5.41) is 6.49. The van der Waals surface area contributed by atoms with Crippen LogP contribution in [0.1, 0.15) is 53.6 Å². The molecule has 5 nitrogen and oxygen atoms in total. The van der Waals surface area contributed by atoms with Gasteiger partial charge >= 0.3 is 0 Å². The lowest BCUT2D eigenvalue weighted by Gasteiger charge is -2.40. The van der Waals surface area contributed by atoms with Crippen LogP contribution in [0.4, 0.5) is 17.1 Å². The molecule has 0 atom stereocenters. The van der Waals surface area contributed by atoms with Crippen LogP contribution in [0.15, 0.2) is 72.8 Å². The zero-order chi connectivity index (χ0) is 24.7. The molecule has 0 aliphatic carbocycles. The second-order valence-electron chi connectivity index (χ2n) is 10.3. The maximum Gasteiger partial charge on any atom is 0.255 e. The number of benzene rings is 3. The normalized spacial score (nSPS) is 17.6. The zero-order valence-corrected chi connectivity index (χ0v) is 21.4. The van der Waals surface area contributed by atoms with E-state index in [-0.39, 0.29) is 5.91 Å². The van der Waals surface area contributed by atoms with Crippen LogP contribution >= 0.6 is 0 Å². The minimum absolute atomic E-state index is 0.0481. The fourth-order valence-corrected chi connectivity index (χ4v) is 5.49. The number of amides is 1. The van der Waals surface area contributed by atoms with Crippen molar-refractivity contribution in [2.24, 2.45) is 0 Å². The number of hydrogen-bond acceptors (Lipinski definition) is 4. The van der Waals surface area contributed by atoms with Gasteiger partial charge in [0, 0.05) is 35.2 Å². The molecule has 5 heteroatoms. The second kappa shape index (κ2) is 11.7. The van der Waals surface area contributed by atoms with E-state index in [1.54, 1.807) is 0 Å². The first kappa shape index (κ1) is 24.5. The molecule has 0 bridgehead atoms. The molecular formula is C31H38N4O. The van der Waals surface area contributed by atoms with Crippen molar-refractivity contribution in [1.29, 1.82) is 0 Å². The van der Waals surface area contributed by atoms with Crippen LogP contribution in [-0.2, 0) is 6.54 Å². The molecule has 0 aromatic heterocycles. The SMILES string of the molecule is Cc1ccc(Nc2ccc(NC(=O)c3ccccc3CN3CCC(N4CCCCC4)CC3)cc2)cc1. The second-order valence-corrected chi connectivity index (χ2v) is 10.3. The quantitative estimate of drug-likeness (QED) is 0.407. The average molecular weight is 483 g/mol. The Kier molecular flexibility index (Phi) is 7.99. The third-order valence-electron chi connectivity index (χ3n) is 7.60. The summed E-state index contributed by atoms with van der Waals surface area (Å²) in [6.45, 7) is 7.67. The Morgan fingerprint density at radius 3 is 2.08 bits per heavy atom. The van der Waals surface area contributed by atoms with Gasteiger partial charge in [-0.2, -0.15) is 0 Å². The molecule has 2 heterocycles. The standard InChI is InChI=1S/C31H38N4O/c1-24-9-11-26(12-10-24)32-27-13-15-28(16-14-27)33-31(36)30-8-4-3-7-25(30)23-34-21-17-29(18-22-34)35-19-5-2-6-20-35/h3-4,7-16,29,32H,2,5-6,17-23H2,1H3,(H,33,36). The Bertz CT molecular complexity index is 1130. The van der Waals surface area contributed by atoms with Gasteiger partial charge in [-0.15, -0.1) is 0 Å². The number of nitrogens with one attached hydrogen (secondary N) is 2. The van der Waals surface area contributed by atoms with Crippen molar-refractivity contribution in [3.05, 3.63) is 89.5 Å². The highest BCUT2D eigenvalue weighted by atomic mass is 16.1. The fraction of sp³-hybridized carbons (Fsp3) is 0.387. The molecule has 2 fully saturated rings. The van der Waals surface area contributed by atoms with E-state index in [0.29, 0.717) is 0 Å². The summed E-state index contributed by atoms with van der Waals surface area (Å²) in [6.07, 6.45) is 6.57. The van der Waals surface area contributed by atoms with Gasteiger partial charge in [0.1, 0.15) is 0 Å². The highest BCUT2D eigenvalue weighted by Crippen LogP contribution is 2.24. The van der Waals surface area contributed by atoms with Gasteiger partial charge in [0.2, 0.25) is 0 Å². The molecule has 3 aromatic rings. The minimum Gasteiger partial charge on any atom is -0.356 e. The van der Waals surface area contributed by atoms with E-state index in [1.807, 2.05) is 42.5 Å². The third-order valence-corrected chi connectivity index (χ3v) is 7.60. The molecule has 188 valence electrons. The lowest BCUT2D eigenvalue weighted by Crippen LogP contribution is -2.46. The first-order valence-electron chi connectivity index (χ1n) is 13.4. The Labute approximate surface area is 215 Å². The fourth-order valence-electron chi connectivity index (χ4n) is 5.49. The molecule has 0 radical (unpaired) electrons. The van der Waals surface area contributed by atoms with E-state index in [9.17, 15) is 4.79 Å². The van der Waals surface area contributed by atoms with Gasteiger partial charge in [0.05, 0.1) is 0 Å². The molecule has 3 aromatic carbocycles. The van der Waals surface area contributed by atoms with Gasteiger partial charge in [-0.3, -0.25) is 9.69 Å². The topological polar surface area (TPSA) is 47.6 Å². The van der Waals surface area contributed by atoms with Crippen LogP contribution in [0.3, 0.4) is 0 Å². The van der Waals surface area contributed by atoms with E-state index < -0.39 is 0 Å². The number of aryl methyl sites for hydroxylation is 1. The number of piperidine rings is 2. The molecule has 5 rings (SSSR count). The van der Waals surface area contributed by atoms with Gasteiger partial charge in [0.25, 0.3) is 5.91 Å². The number of likely N-dealkylation sites (tertiary alicyclic amines) is 2.